The quantitative estimate of drug-likeness (QED) is 0.741. The van der Waals surface area contributed by atoms with Gasteiger partial charge in [0.05, 0.1) is 30.7 Å². The van der Waals surface area contributed by atoms with Crippen molar-refractivity contribution in [3.63, 3.8) is 0 Å². The molecule has 10 heteroatoms. The van der Waals surface area contributed by atoms with Gasteiger partial charge in [-0.05, 0) is 24.6 Å². The minimum absolute atomic E-state index is 0.0684. The lowest BCUT2D eigenvalue weighted by Crippen LogP contribution is -2.41. The molecule has 1 aromatic carbocycles. The number of morpholine rings is 1. The van der Waals surface area contributed by atoms with Crippen molar-refractivity contribution in [1.29, 1.82) is 0 Å². The molecular weight excluding hydrogens is 373 g/mol. The number of hydrogen-bond donors (Lipinski definition) is 0. The number of carbonyl (C=O) groups excluding carboxylic acids is 1. The van der Waals surface area contributed by atoms with E-state index in [1.165, 1.54) is 6.07 Å². The van der Waals surface area contributed by atoms with Crippen LogP contribution in [0.2, 0.25) is 0 Å². The fraction of sp³-hybridized carbons (Fsp3) is 0.562. The van der Waals surface area contributed by atoms with E-state index in [4.69, 9.17) is 4.74 Å². The van der Waals surface area contributed by atoms with Gasteiger partial charge in [-0.2, -0.15) is 13.2 Å². The molecule has 1 aliphatic heterocycles. The zero-order valence-corrected chi connectivity index (χ0v) is 15.1. The predicted molar refractivity (Wildman–Crippen MR) is 90.3 cm³/mol. The molecule has 0 bridgehead atoms. The van der Waals surface area contributed by atoms with E-state index in [0.29, 0.717) is 26.3 Å². The third-order valence-corrected chi connectivity index (χ3v) is 5.17. The second kappa shape index (κ2) is 8.26. The number of nitrogens with zero attached hydrogens (tertiary/aromatic N) is 2. The van der Waals surface area contributed by atoms with Crippen molar-refractivity contribution in [2.24, 2.45) is 0 Å². The molecule has 0 aromatic heterocycles. The molecule has 0 unspecified atom stereocenters. The molecule has 146 valence electrons. The number of anilines is 1. The fourth-order valence-electron chi connectivity index (χ4n) is 2.67. The molecule has 0 aliphatic carbocycles. The first-order valence-electron chi connectivity index (χ1n) is 8.09. The lowest BCUT2D eigenvalue weighted by atomic mass is 10.2. The molecule has 2 rings (SSSR count). The maximum Gasteiger partial charge on any atom is 0.416 e. The standard InChI is InChI=1S/C16H21F3N2O4S/c1-26(23,24)21(14-5-2-4-13(12-14)16(17,18)19)7-3-6-15(22)20-8-10-25-11-9-20/h2,4-5,12H,3,6-11H2,1H3. The first-order chi connectivity index (χ1) is 12.1. The summed E-state index contributed by atoms with van der Waals surface area (Å²) in [5.74, 6) is -0.120. The van der Waals surface area contributed by atoms with E-state index >= 15 is 0 Å². The van der Waals surface area contributed by atoms with Gasteiger partial charge in [-0.15, -0.1) is 0 Å². The van der Waals surface area contributed by atoms with Crippen LogP contribution in [0.4, 0.5) is 18.9 Å². The van der Waals surface area contributed by atoms with Crippen molar-refractivity contribution in [2.75, 3.05) is 43.4 Å². The highest BCUT2D eigenvalue weighted by Crippen LogP contribution is 2.32. The molecule has 1 aromatic rings. The summed E-state index contributed by atoms with van der Waals surface area (Å²) in [5, 5.41) is 0. The number of benzene rings is 1. The average Bonchev–Trinajstić information content (AvgIpc) is 2.57. The molecule has 26 heavy (non-hydrogen) atoms. The Labute approximate surface area is 150 Å². The minimum atomic E-state index is -4.56. The monoisotopic (exact) mass is 394 g/mol. The third kappa shape index (κ3) is 5.60. The van der Waals surface area contributed by atoms with E-state index in [1.807, 2.05) is 0 Å². The molecule has 1 heterocycles. The molecule has 0 atom stereocenters. The number of hydrogen-bond acceptors (Lipinski definition) is 4. The summed E-state index contributed by atoms with van der Waals surface area (Å²) in [6.45, 7) is 1.83. The zero-order chi connectivity index (χ0) is 19.4. The van der Waals surface area contributed by atoms with Crippen LogP contribution < -0.4 is 4.31 Å². The Morgan fingerprint density at radius 2 is 1.92 bits per heavy atom. The van der Waals surface area contributed by atoms with Crippen LogP contribution >= 0.6 is 0 Å². The van der Waals surface area contributed by atoms with E-state index in [2.05, 4.69) is 0 Å². The van der Waals surface area contributed by atoms with E-state index in [0.717, 1.165) is 28.8 Å². The summed E-state index contributed by atoms with van der Waals surface area (Å²) in [6, 6.07) is 4.14. The molecule has 0 spiro atoms. The number of sulfonamides is 1. The normalized spacial score (nSPS) is 15.8. The second-order valence-corrected chi connectivity index (χ2v) is 7.89. The molecule has 0 radical (unpaired) electrons. The van der Waals surface area contributed by atoms with Crippen LogP contribution in [-0.2, 0) is 25.7 Å². The van der Waals surface area contributed by atoms with Crippen molar-refractivity contribution in [3.8, 4) is 0 Å². The van der Waals surface area contributed by atoms with Gasteiger partial charge in [-0.1, -0.05) is 6.07 Å². The van der Waals surface area contributed by atoms with Crippen molar-refractivity contribution >= 4 is 21.6 Å². The van der Waals surface area contributed by atoms with E-state index in [9.17, 15) is 26.4 Å². The number of rotatable bonds is 6. The van der Waals surface area contributed by atoms with Crippen molar-refractivity contribution < 1.29 is 31.1 Å². The Morgan fingerprint density at radius 3 is 2.50 bits per heavy atom. The van der Waals surface area contributed by atoms with E-state index in [-0.39, 0.29) is 31.0 Å². The topological polar surface area (TPSA) is 66.9 Å². The van der Waals surface area contributed by atoms with Gasteiger partial charge < -0.3 is 9.64 Å². The molecule has 1 aliphatic rings. The van der Waals surface area contributed by atoms with Crippen molar-refractivity contribution in [3.05, 3.63) is 29.8 Å². The Kier molecular flexibility index (Phi) is 6.51. The van der Waals surface area contributed by atoms with Crippen LogP contribution in [0.3, 0.4) is 0 Å². The van der Waals surface area contributed by atoms with Gasteiger partial charge in [0, 0.05) is 26.1 Å². The highest BCUT2D eigenvalue weighted by Gasteiger charge is 2.31. The Bertz CT molecular complexity index is 731. The van der Waals surface area contributed by atoms with Gasteiger partial charge in [0.15, 0.2) is 0 Å². The van der Waals surface area contributed by atoms with Crippen LogP contribution in [0.1, 0.15) is 18.4 Å². The maximum atomic E-state index is 12.9. The van der Waals surface area contributed by atoms with Crippen LogP contribution in [0.5, 0.6) is 0 Å². The Hall–Kier alpha value is -1.81. The number of carbonyl (C=O) groups is 1. The zero-order valence-electron chi connectivity index (χ0n) is 14.3. The summed E-state index contributed by atoms with van der Waals surface area (Å²) in [7, 11) is -3.78. The van der Waals surface area contributed by atoms with Crippen LogP contribution in [-0.4, -0.2) is 58.3 Å². The number of alkyl halides is 3. The van der Waals surface area contributed by atoms with Gasteiger partial charge in [0.25, 0.3) is 0 Å². The van der Waals surface area contributed by atoms with Gasteiger partial charge in [0.2, 0.25) is 15.9 Å². The predicted octanol–water partition coefficient (Wildman–Crippen LogP) is 2.11. The molecule has 1 saturated heterocycles. The van der Waals surface area contributed by atoms with E-state index < -0.39 is 21.8 Å². The third-order valence-electron chi connectivity index (χ3n) is 3.98. The lowest BCUT2D eigenvalue weighted by molar-refractivity contribution is -0.137. The summed E-state index contributed by atoms with van der Waals surface area (Å²) in [4.78, 5) is 13.7. The average molecular weight is 394 g/mol. The summed E-state index contributed by atoms with van der Waals surface area (Å²) >= 11 is 0. The number of ether oxygens (including phenoxy) is 1. The summed E-state index contributed by atoms with van der Waals surface area (Å²) in [6.07, 6.45) is -3.31. The lowest BCUT2D eigenvalue weighted by Gasteiger charge is -2.27. The minimum Gasteiger partial charge on any atom is -0.378 e. The van der Waals surface area contributed by atoms with Gasteiger partial charge >= 0.3 is 6.18 Å². The first-order valence-corrected chi connectivity index (χ1v) is 9.94. The van der Waals surface area contributed by atoms with Crippen molar-refractivity contribution in [1.82, 2.24) is 4.90 Å². The van der Waals surface area contributed by atoms with Crippen LogP contribution in [0.15, 0.2) is 24.3 Å². The van der Waals surface area contributed by atoms with Gasteiger partial charge in [0.1, 0.15) is 0 Å². The molecular formula is C16H21F3N2O4S. The molecule has 1 amide bonds. The van der Waals surface area contributed by atoms with Crippen LogP contribution in [0, 0.1) is 0 Å². The highest BCUT2D eigenvalue weighted by molar-refractivity contribution is 7.92. The second-order valence-electron chi connectivity index (χ2n) is 5.98. The molecule has 0 saturated carbocycles. The molecule has 1 fully saturated rings. The highest BCUT2D eigenvalue weighted by atomic mass is 32.2. The SMILES string of the molecule is CS(=O)(=O)N(CCCC(=O)N1CCOCC1)c1cccc(C(F)(F)F)c1. The summed E-state index contributed by atoms with van der Waals surface area (Å²) < 4.78 is 68.7. The number of halogens is 3. The number of amides is 1. The van der Waals surface area contributed by atoms with E-state index in [1.54, 1.807) is 4.90 Å². The Balaban J connectivity index is 2.06. The van der Waals surface area contributed by atoms with Crippen LogP contribution in [0.25, 0.3) is 0 Å². The Morgan fingerprint density at radius 1 is 1.27 bits per heavy atom. The molecule has 0 N–H and O–H groups in total. The van der Waals surface area contributed by atoms with Gasteiger partial charge in [-0.25, -0.2) is 8.42 Å². The fourth-order valence-corrected chi connectivity index (χ4v) is 3.63. The maximum absolute atomic E-state index is 12.9. The van der Waals surface area contributed by atoms with Gasteiger partial charge in [-0.3, -0.25) is 9.10 Å². The smallest absolute Gasteiger partial charge is 0.378 e. The molecule has 6 nitrogen and oxygen atoms in total. The van der Waals surface area contributed by atoms with Crippen molar-refractivity contribution in [2.45, 2.75) is 19.0 Å². The largest absolute Gasteiger partial charge is 0.416 e. The first kappa shape index (κ1) is 20.5. The summed E-state index contributed by atoms with van der Waals surface area (Å²) in [5.41, 5.74) is -0.991.